The highest BCUT2D eigenvalue weighted by Gasteiger charge is 2.32. The molecule has 0 aromatic heterocycles. The second-order valence-electron chi connectivity index (χ2n) is 6.12. The molecule has 0 bridgehead atoms. The van der Waals surface area contributed by atoms with Gasteiger partial charge in [-0.2, -0.15) is 0 Å². The van der Waals surface area contributed by atoms with E-state index in [1.54, 1.807) is 0 Å². The Hall–Kier alpha value is 0.140. The summed E-state index contributed by atoms with van der Waals surface area (Å²) in [6, 6.07) is 8.66. The highest BCUT2D eigenvalue weighted by atomic mass is 79.9. The van der Waals surface area contributed by atoms with E-state index >= 15 is 0 Å². The lowest BCUT2D eigenvalue weighted by Crippen LogP contribution is -2.22. The molecule has 106 valence electrons. The molecule has 2 rings (SSSR count). The molecule has 0 amide bonds. The third-order valence-corrected chi connectivity index (χ3v) is 5.25. The Morgan fingerprint density at radius 2 is 2.00 bits per heavy atom. The molecule has 0 radical (unpaired) electrons. The zero-order valence-electron chi connectivity index (χ0n) is 11.7. The van der Waals surface area contributed by atoms with Crippen LogP contribution in [-0.2, 0) is 11.2 Å². The van der Waals surface area contributed by atoms with Crippen LogP contribution in [0.3, 0.4) is 0 Å². The highest BCUT2D eigenvalue weighted by molar-refractivity contribution is 9.10. The number of benzene rings is 1. The smallest absolute Gasteiger partial charge is 0.0631 e. The van der Waals surface area contributed by atoms with Gasteiger partial charge in [-0.05, 0) is 63.1 Å². The first-order valence-electron chi connectivity index (χ1n) is 6.97. The zero-order valence-corrected chi connectivity index (χ0v) is 14.8. The SMILES string of the molecule is CC1(C)CCC(CC(CBr)Cc2ccc(Br)cc2)O1. The molecule has 2 atom stereocenters. The van der Waals surface area contributed by atoms with Crippen molar-refractivity contribution in [2.75, 3.05) is 5.33 Å². The molecule has 1 aliphatic rings. The van der Waals surface area contributed by atoms with E-state index < -0.39 is 0 Å². The average Bonchev–Trinajstić information content (AvgIpc) is 2.70. The Kier molecular flexibility index (Phi) is 5.50. The van der Waals surface area contributed by atoms with Crippen molar-refractivity contribution in [3.63, 3.8) is 0 Å². The molecule has 3 heteroatoms. The van der Waals surface area contributed by atoms with Crippen molar-refractivity contribution in [1.82, 2.24) is 0 Å². The molecule has 1 heterocycles. The average molecular weight is 390 g/mol. The van der Waals surface area contributed by atoms with Gasteiger partial charge in [-0.3, -0.25) is 0 Å². The molecular formula is C16H22Br2O. The Balaban J connectivity index is 1.88. The van der Waals surface area contributed by atoms with Gasteiger partial charge >= 0.3 is 0 Å². The van der Waals surface area contributed by atoms with Crippen molar-refractivity contribution in [3.05, 3.63) is 34.3 Å². The van der Waals surface area contributed by atoms with E-state index in [0.717, 1.165) is 22.6 Å². The third kappa shape index (κ3) is 4.87. The lowest BCUT2D eigenvalue weighted by Gasteiger charge is -2.22. The first-order chi connectivity index (χ1) is 8.98. The van der Waals surface area contributed by atoms with Crippen LogP contribution in [0.25, 0.3) is 0 Å². The summed E-state index contributed by atoms with van der Waals surface area (Å²) in [6.45, 7) is 4.40. The molecule has 0 aliphatic carbocycles. The van der Waals surface area contributed by atoms with E-state index in [1.165, 1.54) is 18.4 Å². The Bertz CT molecular complexity index is 400. The molecule has 1 fully saturated rings. The Labute approximate surface area is 133 Å². The summed E-state index contributed by atoms with van der Waals surface area (Å²) in [5.41, 5.74) is 1.49. The number of alkyl halides is 1. The summed E-state index contributed by atoms with van der Waals surface area (Å²) in [5.74, 6) is 0.653. The maximum atomic E-state index is 6.11. The molecule has 1 nitrogen and oxygen atoms in total. The molecule has 0 N–H and O–H groups in total. The molecular weight excluding hydrogens is 368 g/mol. The number of halogens is 2. The van der Waals surface area contributed by atoms with Crippen LogP contribution in [0.1, 0.15) is 38.7 Å². The summed E-state index contributed by atoms with van der Waals surface area (Å²) in [7, 11) is 0. The van der Waals surface area contributed by atoms with E-state index in [4.69, 9.17) is 4.74 Å². The van der Waals surface area contributed by atoms with Crippen molar-refractivity contribution in [3.8, 4) is 0 Å². The van der Waals surface area contributed by atoms with Crippen LogP contribution in [0.15, 0.2) is 28.7 Å². The van der Waals surface area contributed by atoms with Crippen molar-refractivity contribution in [2.24, 2.45) is 5.92 Å². The molecule has 0 spiro atoms. The molecule has 1 saturated heterocycles. The van der Waals surface area contributed by atoms with E-state index in [0.29, 0.717) is 12.0 Å². The molecule has 1 aromatic rings. The Morgan fingerprint density at radius 3 is 2.53 bits per heavy atom. The molecule has 19 heavy (non-hydrogen) atoms. The lowest BCUT2D eigenvalue weighted by atomic mass is 9.94. The van der Waals surface area contributed by atoms with E-state index in [1.807, 2.05) is 0 Å². The quantitative estimate of drug-likeness (QED) is 0.616. The summed E-state index contributed by atoms with van der Waals surface area (Å²) < 4.78 is 7.26. The fourth-order valence-corrected chi connectivity index (χ4v) is 3.53. The summed E-state index contributed by atoms with van der Waals surface area (Å²) >= 11 is 7.14. The number of rotatable bonds is 5. The van der Waals surface area contributed by atoms with Gasteiger partial charge in [0.2, 0.25) is 0 Å². The summed E-state index contributed by atoms with van der Waals surface area (Å²) in [6.07, 6.45) is 5.11. The predicted octanol–water partition coefficient (Wildman–Crippen LogP) is 5.35. The zero-order chi connectivity index (χ0) is 13.9. The van der Waals surface area contributed by atoms with Gasteiger partial charge in [-0.25, -0.2) is 0 Å². The van der Waals surface area contributed by atoms with Crippen LogP contribution < -0.4 is 0 Å². The summed E-state index contributed by atoms with van der Waals surface area (Å²) in [5, 5.41) is 1.04. The monoisotopic (exact) mass is 388 g/mol. The third-order valence-electron chi connectivity index (χ3n) is 3.81. The van der Waals surface area contributed by atoms with Gasteiger partial charge in [-0.1, -0.05) is 44.0 Å². The second kappa shape index (κ2) is 6.73. The lowest BCUT2D eigenvalue weighted by molar-refractivity contribution is -0.0233. The van der Waals surface area contributed by atoms with Gasteiger partial charge in [0.25, 0.3) is 0 Å². The first-order valence-corrected chi connectivity index (χ1v) is 8.88. The van der Waals surface area contributed by atoms with Crippen LogP contribution in [0.5, 0.6) is 0 Å². The van der Waals surface area contributed by atoms with Gasteiger partial charge in [0.05, 0.1) is 11.7 Å². The fraction of sp³-hybridized carbons (Fsp3) is 0.625. The summed E-state index contributed by atoms with van der Waals surface area (Å²) in [4.78, 5) is 0. The minimum absolute atomic E-state index is 0.0825. The maximum Gasteiger partial charge on any atom is 0.0631 e. The number of ether oxygens (including phenoxy) is 1. The van der Waals surface area contributed by atoms with Crippen LogP contribution >= 0.6 is 31.9 Å². The normalized spacial score (nSPS) is 23.5. The van der Waals surface area contributed by atoms with Crippen LogP contribution in [0, 0.1) is 5.92 Å². The van der Waals surface area contributed by atoms with Gasteiger partial charge in [0, 0.05) is 9.80 Å². The minimum atomic E-state index is 0.0825. The molecule has 1 aromatic carbocycles. The molecule has 0 saturated carbocycles. The predicted molar refractivity (Wildman–Crippen MR) is 87.9 cm³/mol. The van der Waals surface area contributed by atoms with E-state index in [-0.39, 0.29) is 5.60 Å². The highest BCUT2D eigenvalue weighted by Crippen LogP contribution is 2.33. The van der Waals surface area contributed by atoms with Crippen molar-refractivity contribution >= 4 is 31.9 Å². The molecule has 2 unspecified atom stereocenters. The van der Waals surface area contributed by atoms with Crippen LogP contribution in [0.2, 0.25) is 0 Å². The topological polar surface area (TPSA) is 9.23 Å². The van der Waals surface area contributed by atoms with E-state index in [2.05, 4.69) is 70.0 Å². The standard InChI is InChI=1S/C16H22Br2O/c1-16(2)8-7-15(19-16)10-13(11-17)9-12-3-5-14(18)6-4-12/h3-6,13,15H,7-11H2,1-2H3. The van der Waals surface area contributed by atoms with Crippen LogP contribution in [0.4, 0.5) is 0 Å². The fourth-order valence-electron chi connectivity index (χ4n) is 2.77. The van der Waals surface area contributed by atoms with Crippen molar-refractivity contribution < 1.29 is 4.74 Å². The van der Waals surface area contributed by atoms with Gasteiger partial charge in [-0.15, -0.1) is 0 Å². The number of hydrogen-bond acceptors (Lipinski definition) is 1. The van der Waals surface area contributed by atoms with Gasteiger partial charge in [0.15, 0.2) is 0 Å². The van der Waals surface area contributed by atoms with Crippen LogP contribution in [-0.4, -0.2) is 17.0 Å². The Morgan fingerprint density at radius 1 is 1.32 bits per heavy atom. The number of hydrogen-bond donors (Lipinski definition) is 0. The second-order valence-corrected chi connectivity index (χ2v) is 7.69. The maximum absolute atomic E-state index is 6.11. The minimum Gasteiger partial charge on any atom is -0.372 e. The van der Waals surface area contributed by atoms with Gasteiger partial charge < -0.3 is 4.74 Å². The van der Waals surface area contributed by atoms with Crippen molar-refractivity contribution in [1.29, 1.82) is 0 Å². The molecule has 1 aliphatic heterocycles. The first kappa shape index (κ1) is 15.5. The van der Waals surface area contributed by atoms with E-state index in [9.17, 15) is 0 Å². The largest absolute Gasteiger partial charge is 0.372 e. The van der Waals surface area contributed by atoms with Gasteiger partial charge in [0.1, 0.15) is 0 Å². The van der Waals surface area contributed by atoms with Crippen molar-refractivity contribution in [2.45, 2.75) is 51.2 Å².